The van der Waals surface area contributed by atoms with Crippen molar-refractivity contribution < 1.29 is 4.79 Å². The van der Waals surface area contributed by atoms with Crippen LogP contribution in [0.25, 0.3) is 0 Å². The zero-order valence-electron chi connectivity index (χ0n) is 12.3. The molecule has 1 heterocycles. The number of thiophene rings is 1. The SMILES string of the molecule is C=C(C)CNC(=NCc1ccsc1)NCC(=O)N(C)C. The Balaban J connectivity index is 2.56. The third-order valence-corrected chi connectivity index (χ3v) is 3.20. The molecule has 0 unspecified atom stereocenters. The van der Waals surface area contributed by atoms with Crippen molar-refractivity contribution in [3.63, 3.8) is 0 Å². The van der Waals surface area contributed by atoms with Gasteiger partial charge in [0.15, 0.2) is 5.96 Å². The average Bonchev–Trinajstić information content (AvgIpc) is 2.90. The van der Waals surface area contributed by atoms with Gasteiger partial charge in [-0.05, 0) is 29.3 Å². The van der Waals surface area contributed by atoms with Crippen LogP contribution in [0.15, 0.2) is 34.0 Å². The van der Waals surface area contributed by atoms with Crippen LogP contribution in [0.2, 0.25) is 0 Å². The zero-order valence-corrected chi connectivity index (χ0v) is 13.1. The Morgan fingerprint density at radius 3 is 2.65 bits per heavy atom. The minimum atomic E-state index is 0.00496. The van der Waals surface area contributed by atoms with E-state index in [1.807, 2.05) is 18.4 Å². The number of aliphatic imine (C=N–C) groups is 1. The topological polar surface area (TPSA) is 56.7 Å². The molecule has 0 aromatic carbocycles. The third-order valence-electron chi connectivity index (χ3n) is 2.46. The van der Waals surface area contributed by atoms with E-state index in [-0.39, 0.29) is 12.5 Å². The van der Waals surface area contributed by atoms with Crippen LogP contribution in [0.3, 0.4) is 0 Å². The number of amides is 1. The predicted octanol–water partition coefficient (Wildman–Crippen LogP) is 1.45. The largest absolute Gasteiger partial charge is 0.353 e. The smallest absolute Gasteiger partial charge is 0.241 e. The fraction of sp³-hybridized carbons (Fsp3) is 0.429. The summed E-state index contributed by atoms with van der Waals surface area (Å²) in [7, 11) is 3.46. The van der Waals surface area contributed by atoms with E-state index in [9.17, 15) is 4.79 Å². The fourth-order valence-electron chi connectivity index (χ4n) is 1.28. The standard InChI is InChI=1S/C14H22N4OS/c1-11(2)7-15-14(17-9-13(19)18(3)4)16-8-12-5-6-20-10-12/h5-6,10H,1,7-9H2,2-4H3,(H2,15,16,17). The molecule has 0 radical (unpaired) electrons. The number of likely N-dealkylation sites (N-methyl/N-ethyl adjacent to an activating group) is 1. The van der Waals surface area contributed by atoms with Crippen molar-refractivity contribution >= 4 is 23.2 Å². The monoisotopic (exact) mass is 294 g/mol. The second-order valence-corrected chi connectivity index (χ2v) is 5.53. The number of carbonyl (C=O) groups excluding carboxylic acids is 1. The van der Waals surface area contributed by atoms with Gasteiger partial charge in [0.25, 0.3) is 0 Å². The minimum absolute atomic E-state index is 0.00496. The number of nitrogens with zero attached hydrogens (tertiary/aromatic N) is 2. The van der Waals surface area contributed by atoms with E-state index in [0.29, 0.717) is 19.0 Å². The normalized spacial score (nSPS) is 11.1. The number of hydrogen-bond donors (Lipinski definition) is 2. The molecule has 0 saturated heterocycles. The van der Waals surface area contributed by atoms with Crippen molar-refractivity contribution in [2.75, 3.05) is 27.2 Å². The number of carbonyl (C=O) groups is 1. The highest BCUT2D eigenvalue weighted by Crippen LogP contribution is 2.06. The lowest BCUT2D eigenvalue weighted by Crippen LogP contribution is -2.43. The van der Waals surface area contributed by atoms with Gasteiger partial charge in [-0.25, -0.2) is 4.99 Å². The summed E-state index contributed by atoms with van der Waals surface area (Å²) in [5, 5.41) is 10.3. The van der Waals surface area contributed by atoms with Crippen LogP contribution in [0.5, 0.6) is 0 Å². The zero-order chi connectivity index (χ0) is 15.0. The van der Waals surface area contributed by atoms with Crippen LogP contribution in [0, 0.1) is 0 Å². The molecule has 0 saturated carbocycles. The summed E-state index contributed by atoms with van der Waals surface area (Å²) in [6.45, 7) is 7.22. The molecule has 110 valence electrons. The van der Waals surface area contributed by atoms with E-state index in [1.54, 1.807) is 30.3 Å². The highest BCUT2D eigenvalue weighted by molar-refractivity contribution is 7.07. The highest BCUT2D eigenvalue weighted by Gasteiger charge is 2.05. The maximum atomic E-state index is 11.6. The van der Waals surface area contributed by atoms with Crippen molar-refractivity contribution in [1.82, 2.24) is 15.5 Å². The lowest BCUT2D eigenvalue weighted by Gasteiger charge is -2.14. The van der Waals surface area contributed by atoms with Crippen molar-refractivity contribution in [3.8, 4) is 0 Å². The summed E-state index contributed by atoms with van der Waals surface area (Å²) in [5.74, 6) is 0.625. The van der Waals surface area contributed by atoms with Crippen LogP contribution in [-0.4, -0.2) is 44.0 Å². The summed E-state index contributed by atoms with van der Waals surface area (Å²) >= 11 is 1.65. The predicted molar refractivity (Wildman–Crippen MR) is 85.0 cm³/mol. The third kappa shape index (κ3) is 6.38. The van der Waals surface area contributed by atoms with E-state index in [4.69, 9.17) is 0 Å². The van der Waals surface area contributed by atoms with Gasteiger partial charge in [0, 0.05) is 20.6 Å². The number of hydrogen-bond acceptors (Lipinski definition) is 3. The maximum Gasteiger partial charge on any atom is 0.241 e. The Bertz CT molecular complexity index is 466. The number of rotatable bonds is 6. The van der Waals surface area contributed by atoms with Crippen LogP contribution >= 0.6 is 11.3 Å². The Hall–Kier alpha value is -1.82. The van der Waals surface area contributed by atoms with Crippen LogP contribution < -0.4 is 10.6 Å². The summed E-state index contributed by atoms with van der Waals surface area (Å²) in [5.41, 5.74) is 2.17. The second-order valence-electron chi connectivity index (χ2n) is 4.75. The number of guanidine groups is 1. The molecule has 1 aromatic heterocycles. The molecule has 0 aliphatic carbocycles. The van der Waals surface area contributed by atoms with Crippen LogP contribution in [0.4, 0.5) is 0 Å². The summed E-state index contributed by atoms with van der Waals surface area (Å²) in [6, 6.07) is 2.04. The molecular weight excluding hydrogens is 272 g/mol. The molecule has 1 amide bonds. The maximum absolute atomic E-state index is 11.6. The van der Waals surface area contributed by atoms with E-state index in [1.165, 1.54) is 0 Å². The fourth-order valence-corrected chi connectivity index (χ4v) is 1.94. The van der Waals surface area contributed by atoms with E-state index < -0.39 is 0 Å². The summed E-state index contributed by atoms with van der Waals surface area (Å²) in [6.07, 6.45) is 0. The highest BCUT2D eigenvalue weighted by atomic mass is 32.1. The van der Waals surface area contributed by atoms with Crippen LogP contribution in [-0.2, 0) is 11.3 Å². The molecule has 0 bridgehead atoms. The van der Waals surface area contributed by atoms with Crippen LogP contribution in [0.1, 0.15) is 12.5 Å². The van der Waals surface area contributed by atoms with Crippen molar-refractivity contribution in [3.05, 3.63) is 34.5 Å². The molecule has 0 aliphatic rings. The van der Waals surface area contributed by atoms with Gasteiger partial charge >= 0.3 is 0 Å². The lowest BCUT2D eigenvalue weighted by molar-refractivity contribution is -0.127. The number of nitrogens with one attached hydrogen (secondary N) is 2. The first kappa shape index (κ1) is 16.2. The van der Waals surface area contributed by atoms with Gasteiger partial charge in [0.1, 0.15) is 0 Å². The molecule has 0 aliphatic heterocycles. The Kier molecular flexibility index (Phi) is 6.79. The van der Waals surface area contributed by atoms with Gasteiger partial charge in [-0.3, -0.25) is 4.79 Å². The minimum Gasteiger partial charge on any atom is -0.353 e. The molecule has 1 aromatic rings. The Labute approximate surface area is 124 Å². The molecule has 0 fully saturated rings. The molecule has 0 spiro atoms. The van der Waals surface area contributed by atoms with Crippen molar-refractivity contribution in [2.45, 2.75) is 13.5 Å². The Morgan fingerprint density at radius 2 is 2.10 bits per heavy atom. The second kappa shape index (κ2) is 8.37. The van der Waals surface area contributed by atoms with E-state index in [2.05, 4.69) is 27.6 Å². The summed E-state index contributed by atoms with van der Waals surface area (Å²) < 4.78 is 0. The summed E-state index contributed by atoms with van der Waals surface area (Å²) in [4.78, 5) is 17.6. The Morgan fingerprint density at radius 1 is 1.40 bits per heavy atom. The van der Waals surface area contributed by atoms with Gasteiger partial charge in [-0.2, -0.15) is 11.3 Å². The average molecular weight is 294 g/mol. The van der Waals surface area contributed by atoms with Gasteiger partial charge in [-0.1, -0.05) is 12.2 Å². The van der Waals surface area contributed by atoms with E-state index >= 15 is 0 Å². The van der Waals surface area contributed by atoms with Crippen molar-refractivity contribution in [2.24, 2.45) is 4.99 Å². The first-order chi connectivity index (χ1) is 9.49. The quantitative estimate of drug-likeness (QED) is 0.474. The molecule has 0 atom stereocenters. The van der Waals surface area contributed by atoms with Gasteiger partial charge < -0.3 is 15.5 Å². The van der Waals surface area contributed by atoms with Gasteiger partial charge in [0.2, 0.25) is 5.91 Å². The first-order valence-corrected chi connectivity index (χ1v) is 7.31. The van der Waals surface area contributed by atoms with Gasteiger partial charge in [0.05, 0.1) is 13.1 Å². The molecule has 6 heteroatoms. The first-order valence-electron chi connectivity index (χ1n) is 6.37. The molecule has 5 nitrogen and oxygen atoms in total. The molecular formula is C14H22N4OS. The molecule has 1 rings (SSSR count). The molecule has 20 heavy (non-hydrogen) atoms. The van der Waals surface area contributed by atoms with Gasteiger partial charge in [-0.15, -0.1) is 0 Å². The van der Waals surface area contributed by atoms with Crippen molar-refractivity contribution in [1.29, 1.82) is 0 Å². The van der Waals surface area contributed by atoms with E-state index in [0.717, 1.165) is 11.1 Å². The molecule has 2 N–H and O–H groups in total. The lowest BCUT2D eigenvalue weighted by atomic mass is 10.3.